The van der Waals surface area contributed by atoms with E-state index in [1.165, 1.54) is 27.2 Å². The smallest absolute Gasteiger partial charge is 0.341 e. The SMILES string of the molecule is COC(=O)c1c(C)cc2c(c1O)[C@]1(O)C(=O)c3cc4c(c(O)c3C(=O)[C@]1(OC)/C(=N/O)C2)C(=O)C=C(N[C@H]1O[C@@H](C)[C@H](OC)/C(=N\O)[C@H]1OC)C4=O. The van der Waals surface area contributed by atoms with Gasteiger partial charge in [-0.2, -0.15) is 0 Å². The number of carbonyl (C=O) groups excluding carboxylic acids is 5. The number of carbonyl (C=O) groups is 5. The maximum Gasteiger partial charge on any atom is 0.341 e. The van der Waals surface area contributed by atoms with Crippen molar-refractivity contribution in [3.63, 3.8) is 0 Å². The number of phenolic OH excluding ortho intramolecular Hbond substituents is 2. The standard InChI is InChI=1S/C34H33N3O15/c1-11-7-13-8-18(36-46)34(51-6)30(43)21-15(29(42)33(34,45)22(13)26(41)19(11)32(44)50-5)9-14-20(25(21)40)17(38)10-16(24(14)39)35-31-28(49-4)23(37-47)27(48-3)12(2)52-31/h7,9-10,12,27-28,31,35,40-41,45-47H,8H2,1-6H3/b36-18+,37-23+/t12-,27-,28+,31-,33-,34+/m0/s1. The molecule has 1 aliphatic heterocycles. The van der Waals surface area contributed by atoms with Gasteiger partial charge in [0.2, 0.25) is 23.0 Å². The second-order valence-electron chi connectivity index (χ2n) is 12.5. The molecule has 6 N–H and O–H groups in total. The van der Waals surface area contributed by atoms with Crippen molar-refractivity contribution in [2.75, 3.05) is 28.4 Å². The highest BCUT2D eigenvalue weighted by Crippen LogP contribution is 2.55. The van der Waals surface area contributed by atoms with Crippen molar-refractivity contribution in [3.8, 4) is 11.5 Å². The summed E-state index contributed by atoms with van der Waals surface area (Å²) in [5, 5.41) is 64.6. The number of hydrogen-bond acceptors (Lipinski definition) is 18. The van der Waals surface area contributed by atoms with Crippen LogP contribution in [0.15, 0.2) is 34.2 Å². The number of oxime groups is 2. The first kappa shape index (κ1) is 36.3. The highest BCUT2D eigenvalue weighted by atomic mass is 16.6. The van der Waals surface area contributed by atoms with Crippen molar-refractivity contribution < 1.29 is 73.4 Å². The van der Waals surface area contributed by atoms with Crippen molar-refractivity contribution in [1.29, 1.82) is 0 Å². The fraction of sp³-hybridized carbons (Fsp3) is 0.382. The average molecular weight is 724 g/mol. The number of ketones is 4. The summed E-state index contributed by atoms with van der Waals surface area (Å²) in [6.45, 7) is 3.03. The van der Waals surface area contributed by atoms with Crippen molar-refractivity contribution in [2.24, 2.45) is 10.3 Å². The molecule has 0 spiro atoms. The van der Waals surface area contributed by atoms with Gasteiger partial charge >= 0.3 is 5.97 Å². The zero-order valence-corrected chi connectivity index (χ0v) is 28.5. The minimum Gasteiger partial charge on any atom is -0.507 e. The van der Waals surface area contributed by atoms with Crippen molar-refractivity contribution in [3.05, 3.63) is 68.4 Å². The zero-order valence-electron chi connectivity index (χ0n) is 28.5. The summed E-state index contributed by atoms with van der Waals surface area (Å²) in [4.78, 5) is 69.6. The minimum absolute atomic E-state index is 0.00915. The van der Waals surface area contributed by atoms with Crippen LogP contribution in [0.4, 0.5) is 0 Å². The van der Waals surface area contributed by atoms with Crippen molar-refractivity contribution in [1.82, 2.24) is 5.32 Å². The highest BCUT2D eigenvalue weighted by molar-refractivity contribution is 6.36. The first-order chi connectivity index (χ1) is 24.6. The number of phenols is 2. The second-order valence-corrected chi connectivity index (χ2v) is 12.5. The van der Waals surface area contributed by atoms with Gasteiger partial charge in [0.15, 0.2) is 17.6 Å². The van der Waals surface area contributed by atoms with E-state index in [0.29, 0.717) is 0 Å². The Balaban J connectivity index is 1.54. The van der Waals surface area contributed by atoms with Gasteiger partial charge in [-0.05, 0) is 31.0 Å². The molecule has 0 radical (unpaired) electrons. The fourth-order valence-electron chi connectivity index (χ4n) is 7.76. The zero-order chi connectivity index (χ0) is 38.2. The normalized spacial score (nSPS) is 29.6. The molecule has 0 amide bonds. The number of nitrogens with one attached hydrogen (secondary N) is 1. The van der Waals surface area contributed by atoms with Crippen molar-refractivity contribution in [2.45, 2.75) is 56.0 Å². The first-order valence-electron chi connectivity index (χ1n) is 15.6. The summed E-state index contributed by atoms with van der Waals surface area (Å²) in [6, 6.07) is 2.14. The number of allylic oxidation sites excluding steroid dienone is 2. The number of Topliss-reactive ketones (excluding diaryl/α,β-unsaturated/α-hetero) is 3. The third-order valence-electron chi connectivity index (χ3n) is 10.0. The Morgan fingerprint density at radius 1 is 0.942 bits per heavy atom. The van der Waals surface area contributed by atoms with Crippen LogP contribution in [0, 0.1) is 6.92 Å². The molecule has 6 rings (SSSR count). The summed E-state index contributed by atoms with van der Waals surface area (Å²) in [6.07, 6.45) is -3.62. The number of benzene rings is 2. The van der Waals surface area contributed by atoms with E-state index in [1.807, 2.05) is 0 Å². The topological polar surface area (TPSA) is 269 Å². The number of aliphatic hydroxyl groups is 1. The van der Waals surface area contributed by atoms with Gasteiger partial charge in [-0.25, -0.2) is 4.79 Å². The van der Waals surface area contributed by atoms with Gasteiger partial charge in [-0.1, -0.05) is 16.4 Å². The van der Waals surface area contributed by atoms with Crippen LogP contribution >= 0.6 is 0 Å². The number of nitrogens with zero attached hydrogens (tertiary/aromatic N) is 2. The lowest BCUT2D eigenvalue weighted by Crippen LogP contribution is -2.71. The molecular formula is C34H33N3O15. The molecule has 18 nitrogen and oxygen atoms in total. The van der Waals surface area contributed by atoms with Crippen LogP contribution in [0.5, 0.6) is 11.5 Å². The number of aryl methyl sites for hydroxylation is 1. The molecule has 0 aromatic heterocycles. The lowest BCUT2D eigenvalue weighted by atomic mass is 9.57. The number of rotatable bonds is 6. The molecule has 52 heavy (non-hydrogen) atoms. The minimum atomic E-state index is -3.28. The maximum atomic E-state index is 14.7. The van der Waals surface area contributed by atoms with Crippen LogP contribution in [0.1, 0.15) is 75.4 Å². The molecule has 3 aliphatic carbocycles. The summed E-state index contributed by atoms with van der Waals surface area (Å²) in [5.41, 5.74) is -11.1. The molecular weight excluding hydrogens is 690 g/mol. The largest absolute Gasteiger partial charge is 0.507 e. The van der Waals surface area contributed by atoms with E-state index >= 15 is 0 Å². The molecule has 0 saturated carbocycles. The molecule has 1 saturated heterocycles. The molecule has 1 fully saturated rings. The van der Waals surface area contributed by atoms with Gasteiger partial charge in [-0.3, -0.25) is 19.2 Å². The van der Waals surface area contributed by atoms with Crippen molar-refractivity contribution >= 4 is 40.5 Å². The molecule has 2 aromatic rings. The third-order valence-corrected chi connectivity index (χ3v) is 10.0. The van der Waals surface area contributed by atoms with E-state index in [1.54, 1.807) is 6.92 Å². The second kappa shape index (κ2) is 12.6. The Bertz CT molecular complexity index is 2090. The summed E-state index contributed by atoms with van der Waals surface area (Å²) < 4.78 is 27.0. The number of hydrogen-bond donors (Lipinski definition) is 6. The fourth-order valence-corrected chi connectivity index (χ4v) is 7.76. The van der Waals surface area contributed by atoms with Crippen LogP contribution in [-0.2, 0) is 35.7 Å². The van der Waals surface area contributed by atoms with Crippen LogP contribution < -0.4 is 5.32 Å². The Hall–Kier alpha value is -5.53. The lowest BCUT2D eigenvalue weighted by molar-refractivity contribution is -0.129. The van der Waals surface area contributed by atoms with Crippen LogP contribution in [0.3, 0.4) is 0 Å². The number of ether oxygens (including phenoxy) is 5. The molecule has 0 bridgehead atoms. The van der Waals surface area contributed by atoms with E-state index in [9.17, 15) is 49.7 Å². The molecule has 6 atom stereocenters. The molecule has 274 valence electrons. The lowest BCUT2D eigenvalue weighted by Gasteiger charge is -2.50. The Morgan fingerprint density at radius 3 is 2.19 bits per heavy atom. The Kier molecular flexibility index (Phi) is 8.79. The molecule has 18 heteroatoms. The number of aromatic hydroxyl groups is 2. The molecule has 1 heterocycles. The van der Waals surface area contributed by atoms with Gasteiger partial charge in [-0.15, -0.1) is 0 Å². The first-order valence-corrected chi connectivity index (χ1v) is 15.6. The third kappa shape index (κ3) is 4.51. The van der Waals surface area contributed by atoms with E-state index in [-0.39, 0.29) is 16.8 Å². The molecule has 4 aliphatic rings. The summed E-state index contributed by atoms with van der Waals surface area (Å²) >= 11 is 0. The molecule has 0 unspecified atom stereocenters. The van der Waals surface area contributed by atoms with E-state index in [2.05, 4.69) is 15.6 Å². The maximum absolute atomic E-state index is 14.7. The van der Waals surface area contributed by atoms with Crippen LogP contribution in [0.2, 0.25) is 0 Å². The van der Waals surface area contributed by atoms with Crippen LogP contribution in [-0.4, -0.2) is 125 Å². The Morgan fingerprint density at radius 2 is 1.62 bits per heavy atom. The summed E-state index contributed by atoms with van der Waals surface area (Å²) in [5.74, 6) is -7.86. The predicted octanol–water partition coefficient (Wildman–Crippen LogP) is 0.689. The predicted molar refractivity (Wildman–Crippen MR) is 173 cm³/mol. The van der Waals surface area contributed by atoms with Gasteiger partial charge in [0.25, 0.3) is 0 Å². The monoisotopic (exact) mass is 723 g/mol. The number of fused-ring (bicyclic) bond motifs is 5. The molecule has 2 aromatic carbocycles. The van der Waals surface area contributed by atoms with E-state index in [4.69, 9.17) is 23.7 Å². The van der Waals surface area contributed by atoms with Crippen LogP contribution in [0.25, 0.3) is 0 Å². The van der Waals surface area contributed by atoms with Gasteiger partial charge in [0.05, 0.1) is 30.0 Å². The van der Waals surface area contributed by atoms with E-state index in [0.717, 1.165) is 26.4 Å². The Labute approximate surface area is 293 Å². The average Bonchev–Trinajstić information content (AvgIpc) is 3.11. The van der Waals surface area contributed by atoms with Gasteiger partial charge < -0.3 is 54.7 Å². The van der Waals surface area contributed by atoms with E-state index < -0.39 is 128 Å². The van der Waals surface area contributed by atoms with Gasteiger partial charge in [0.1, 0.15) is 40.7 Å². The quantitative estimate of drug-likeness (QED) is 0.136. The number of esters is 1. The summed E-state index contributed by atoms with van der Waals surface area (Å²) in [7, 11) is 4.56. The highest BCUT2D eigenvalue weighted by Gasteiger charge is 2.72. The van der Waals surface area contributed by atoms with Gasteiger partial charge in [0, 0.05) is 50.5 Å². The number of methoxy groups -OCH3 is 4.